The van der Waals surface area contributed by atoms with Gasteiger partial charge in [-0.2, -0.15) is 0 Å². The number of pyridine rings is 1. The van der Waals surface area contributed by atoms with Gasteiger partial charge in [0.2, 0.25) is 0 Å². The summed E-state index contributed by atoms with van der Waals surface area (Å²) in [7, 11) is 1.61. The van der Waals surface area contributed by atoms with Gasteiger partial charge in [0.25, 0.3) is 11.7 Å². The summed E-state index contributed by atoms with van der Waals surface area (Å²) >= 11 is 0. The fraction of sp³-hybridized carbons (Fsp3) is 0.273. The van der Waals surface area contributed by atoms with Crippen LogP contribution in [0.1, 0.15) is 30.8 Å². The average molecular weight is 364 g/mol. The highest BCUT2D eigenvalue weighted by atomic mass is 16.5. The molecule has 1 amide bonds. The zero-order valence-corrected chi connectivity index (χ0v) is 15.9. The molecule has 1 N–H and O–H groups in total. The van der Waals surface area contributed by atoms with Crippen molar-refractivity contribution in [2.45, 2.75) is 20.3 Å². The van der Waals surface area contributed by atoms with Gasteiger partial charge in [0.1, 0.15) is 11.4 Å². The number of fused-ring (bicyclic) bond motifs is 1. The first-order valence-electron chi connectivity index (χ1n) is 9.08. The van der Waals surface area contributed by atoms with Crippen LogP contribution in [0.25, 0.3) is 16.6 Å². The molecule has 0 aliphatic rings. The zero-order chi connectivity index (χ0) is 19.4. The Labute approximate surface area is 159 Å². The summed E-state index contributed by atoms with van der Waals surface area (Å²) in [5, 5.41) is 2.74. The minimum Gasteiger partial charge on any atom is -0.497 e. The van der Waals surface area contributed by atoms with E-state index in [1.807, 2.05) is 48.5 Å². The number of ether oxygens (including phenoxy) is 1. The van der Waals surface area contributed by atoms with Crippen molar-refractivity contribution in [2.75, 3.05) is 13.7 Å². The molecule has 0 aliphatic heterocycles. The molecule has 5 nitrogen and oxygen atoms in total. The quantitative estimate of drug-likeness (QED) is 0.510. The lowest BCUT2D eigenvalue weighted by Gasteiger charge is -2.09. The highest BCUT2D eigenvalue weighted by Crippen LogP contribution is 2.29. The first-order chi connectivity index (χ1) is 13.0. The van der Waals surface area contributed by atoms with Crippen molar-refractivity contribution in [2.24, 2.45) is 5.92 Å². The van der Waals surface area contributed by atoms with Gasteiger partial charge in [-0.05, 0) is 48.2 Å². The predicted molar refractivity (Wildman–Crippen MR) is 106 cm³/mol. The first-order valence-corrected chi connectivity index (χ1v) is 9.08. The summed E-state index contributed by atoms with van der Waals surface area (Å²) in [4.78, 5) is 25.4. The van der Waals surface area contributed by atoms with Crippen molar-refractivity contribution in [1.29, 1.82) is 0 Å². The maximum atomic E-state index is 13.0. The SMILES string of the molecule is COc1ccc(-c2cc3ccccn3c2C(=O)C(=O)NCCC(C)C)cc1. The summed E-state index contributed by atoms with van der Waals surface area (Å²) in [5.74, 6) is 0.0938. The summed E-state index contributed by atoms with van der Waals surface area (Å²) in [6.45, 7) is 4.65. The number of rotatable bonds is 7. The molecular weight excluding hydrogens is 340 g/mol. The second kappa shape index (κ2) is 8.08. The molecule has 0 bridgehead atoms. The molecule has 2 aromatic heterocycles. The number of hydrogen-bond acceptors (Lipinski definition) is 3. The van der Waals surface area contributed by atoms with Crippen LogP contribution in [0.4, 0.5) is 0 Å². The Morgan fingerprint density at radius 3 is 2.52 bits per heavy atom. The van der Waals surface area contributed by atoms with Crippen LogP contribution in [0.15, 0.2) is 54.7 Å². The Hall–Kier alpha value is -3.08. The van der Waals surface area contributed by atoms with Crippen LogP contribution < -0.4 is 10.1 Å². The fourth-order valence-corrected chi connectivity index (χ4v) is 3.01. The Kier molecular flexibility index (Phi) is 5.60. The number of aromatic nitrogens is 1. The van der Waals surface area contributed by atoms with Crippen LogP contribution in [0.2, 0.25) is 0 Å². The van der Waals surface area contributed by atoms with E-state index in [4.69, 9.17) is 4.74 Å². The Morgan fingerprint density at radius 1 is 1.11 bits per heavy atom. The molecule has 0 saturated carbocycles. The molecule has 140 valence electrons. The molecule has 0 aliphatic carbocycles. The van der Waals surface area contributed by atoms with Gasteiger partial charge in [0, 0.05) is 23.8 Å². The lowest BCUT2D eigenvalue weighted by atomic mass is 10.0. The summed E-state index contributed by atoms with van der Waals surface area (Å²) < 4.78 is 6.97. The van der Waals surface area contributed by atoms with Gasteiger partial charge < -0.3 is 14.5 Å². The van der Waals surface area contributed by atoms with E-state index in [-0.39, 0.29) is 0 Å². The number of methoxy groups -OCH3 is 1. The predicted octanol–water partition coefficient (Wildman–Crippen LogP) is 3.96. The van der Waals surface area contributed by atoms with E-state index in [9.17, 15) is 9.59 Å². The molecule has 0 saturated heterocycles. The summed E-state index contributed by atoms with van der Waals surface area (Å²) in [5.41, 5.74) is 2.82. The van der Waals surface area contributed by atoms with Crippen LogP contribution in [0.5, 0.6) is 5.75 Å². The first kappa shape index (κ1) is 18.7. The third-order valence-electron chi connectivity index (χ3n) is 4.51. The van der Waals surface area contributed by atoms with E-state index in [2.05, 4.69) is 19.2 Å². The van der Waals surface area contributed by atoms with E-state index in [1.165, 1.54) is 0 Å². The topological polar surface area (TPSA) is 59.8 Å². The van der Waals surface area contributed by atoms with E-state index in [0.29, 0.717) is 18.2 Å². The summed E-state index contributed by atoms with van der Waals surface area (Å²) in [6.07, 6.45) is 2.64. The number of hydrogen-bond donors (Lipinski definition) is 1. The van der Waals surface area contributed by atoms with Crippen LogP contribution in [-0.2, 0) is 4.79 Å². The fourth-order valence-electron chi connectivity index (χ4n) is 3.01. The Bertz CT molecular complexity index is 955. The van der Waals surface area contributed by atoms with E-state index >= 15 is 0 Å². The van der Waals surface area contributed by atoms with Gasteiger partial charge in [-0.3, -0.25) is 9.59 Å². The molecule has 1 aromatic carbocycles. The molecule has 0 fully saturated rings. The van der Waals surface area contributed by atoms with Crippen molar-refractivity contribution >= 4 is 17.2 Å². The number of ketones is 1. The molecule has 27 heavy (non-hydrogen) atoms. The number of carbonyl (C=O) groups excluding carboxylic acids is 2. The Morgan fingerprint density at radius 2 is 1.85 bits per heavy atom. The molecule has 5 heteroatoms. The second-order valence-electron chi connectivity index (χ2n) is 6.90. The van der Waals surface area contributed by atoms with Gasteiger partial charge in [0.05, 0.1) is 7.11 Å². The van der Waals surface area contributed by atoms with Crippen molar-refractivity contribution in [3.8, 4) is 16.9 Å². The van der Waals surface area contributed by atoms with Crippen LogP contribution in [0.3, 0.4) is 0 Å². The van der Waals surface area contributed by atoms with Crippen molar-refractivity contribution in [3.05, 3.63) is 60.4 Å². The highest BCUT2D eigenvalue weighted by molar-refractivity contribution is 6.43. The minimum absolute atomic E-state index is 0.373. The van der Waals surface area contributed by atoms with Crippen molar-refractivity contribution in [3.63, 3.8) is 0 Å². The molecule has 3 aromatic rings. The second-order valence-corrected chi connectivity index (χ2v) is 6.90. The monoisotopic (exact) mass is 364 g/mol. The third kappa shape index (κ3) is 4.03. The number of nitrogens with zero attached hydrogens (tertiary/aromatic N) is 1. The molecule has 0 spiro atoms. The van der Waals surface area contributed by atoms with E-state index in [0.717, 1.165) is 28.8 Å². The maximum absolute atomic E-state index is 13.0. The van der Waals surface area contributed by atoms with Gasteiger partial charge in [-0.1, -0.05) is 32.0 Å². The summed E-state index contributed by atoms with van der Waals surface area (Å²) in [6, 6.07) is 15.1. The molecule has 3 rings (SSSR count). The number of nitrogens with one attached hydrogen (secondary N) is 1. The van der Waals surface area contributed by atoms with Gasteiger partial charge in [0.15, 0.2) is 0 Å². The van der Waals surface area contributed by atoms with Crippen LogP contribution in [-0.4, -0.2) is 29.7 Å². The maximum Gasteiger partial charge on any atom is 0.294 e. The smallest absolute Gasteiger partial charge is 0.294 e. The molecule has 0 atom stereocenters. The highest BCUT2D eigenvalue weighted by Gasteiger charge is 2.24. The van der Waals surface area contributed by atoms with E-state index < -0.39 is 11.7 Å². The van der Waals surface area contributed by atoms with Crippen LogP contribution >= 0.6 is 0 Å². The largest absolute Gasteiger partial charge is 0.497 e. The number of carbonyl (C=O) groups is 2. The zero-order valence-electron chi connectivity index (χ0n) is 15.9. The molecule has 2 heterocycles. The number of Topliss-reactive ketones (excluding diaryl/α,β-unsaturated/α-hetero) is 1. The van der Waals surface area contributed by atoms with Crippen molar-refractivity contribution in [1.82, 2.24) is 9.72 Å². The normalized spacial score (nSPS) is 11.0. The molecular formula is C22H24N2O3. The number of amides is 1. The number of benzene rings is 1. The standard InChI is InChI=1S/C22H24N2O3/c1-15(2)11-12-23-22(26)21(25)20-19(14-17-6-4-5-13-24(17)20)16-7-9-18(27-3)10-8-16/h4-10,13-15H,11-12H2,1-3H3,(H,23,26). The minimum atomic E-state index is -0.575. The lowest BCUT2D eigenvalue weighted by molar-refractivity contribution is -0.117. The lowest BCUT2D eigenvalue weighted by Crippen LogP contribution is -2.33. The molecule has 0 unspecified atom stereocenters. The average Bonchev–Trinajstić information content (AvgIpc) is 3.06. The van der Waals surface area contributed by atoms with Crippen molar-refractivity contribution < 1.29 is 14.3 Å². The van der Waals surface area contributed by atoms with Crippen LogP contribution in [0, 0.1) is 5.92 Å². The molecule has 0 radical (unpaired) electrons. The van der Waals surface area contributed by atoms with Gasteiger partial charge in [-0.15, -0.1) is 0 Å². The van der Waals surface area contributed by atoms with Gasteiger partial charge in [-0.25, -0.2) is 0 Å². The van der Waals surface area contributed by atoms with Gasteiger partial charge >= 0.3 is 0 Å². The third-order valence-corrected chi connectivity index (χ3v) is 4.51. The van der Waals surface area contributed by atoms with E-state index in [1.54, 1.807) is 17.7 Å². The Balaban J connectivity index is 1.99.